The van der Waals surface area contributed by atoms with Crippen molar-refractivity contribution in [2.45, 2.75) is 78.9 Å². The Bertz CT molecular complexity index is 689. The molecule has 0 saturated carbocycles. The number of carboxylic acid groups (broad SMARTS) is 1. The average Bonchev–Trinajstić information content (AvgIpc) is 2.62. The molecule has 0 rings (SSSR count). The van der Waals surface area contributed by atoms with Crippen molar-refractivity contribution in [2.24, 2.45) is 11.3 Å². The van der Waals surface area contributed by atoms with E-state index in [-0.39, 0.29) is 49.5 Å². The SMILES string of the molecule is CC(=O)NCCCS(=O)(=O)OC(CCCCOC(=O)CC(C)C)C(C)(C)[C@@H](O)C(=O)O. The zero-order valence-electron chi connectivity index (χ0n) is 19.0. The van der Waals surface area contributed by atoms with Gasteiger partial charge in [0.05, 0.1) is 18.5 Å². The van der Waals surface area contributed by atoms with Crippen LogP contribution in [0.15, 0.2) is 0 Å². The van der Waals surface area contributed by atoms with Crippen LogP contribution in [0.1, 0.15) is 66.7 Å². The third-order valence-electron chi connectivity index (χ3n) is 4.67. The van der Waals surface area contributed by atoms with E-state index in [1.54, 1.807) is 0 Å². The molecule has 0 bridgehead atoms. The van der Waals surface area contributed by atoms with E-state index < -0.39 is 33.7 Å². The van der Waals surface area contributed by atoms with Gasteiger partial charge in [0.25, 0.3) is 10.1 Å². The molecule has 0 aromatic heterocycles. The molecule has 2 atom stereocenters. The van der Waals surface area contributed by atoms with Crippen LogP contribution in [-0.4, -0.2) is 67.6 Å². The van der Waals surface area contributed by atoms with E-state index in [4.69, 9.17) is 8.92 Å². The highest BCUT2D eigenvalue weighted by atomic mass is 32.2. The molecule has 0 aliphatic heterocycles. The summed E-state index contributed by atoms with van der Waals surface area (Å²) in [4.78, 5) is 33.7. The molecule has 0 radical (unpaired) electrons. The van der Waals surface area contributed by atoms with Crippen LogP contribution in [0.4, 0.5) is 0 Å². The van der Waals surface area contributed by atoms with Crippen LogP contribution >= 0.6 is 0 Å². The molecule has 11 heteroatoms. The first-order chi connectivity index (χ1) is 14.2. The summed E-state index contributed by atoms with van der Waals surface area (Å²) >= 11 is 0. The highest BCUT2D eigenvalue weighted by Gasteiger charge is 2.43. The van der Waals surface area contributed by atoms with Gasteiger partial charge in [0, 0.05) is 25.3 Å². The number of aliphatic hydroxyl groups excluding tert-OH is 1. The van der Waals surface area contributed by atoms with Gasteiger partial charge in [0.2, 0.25) is 5.91 Å². The lowest BCUT2D eigenvalue weighted by Crippen LogP contribution is -2.47. The van der Waals surface area contributed by atoms with Gasteiger partial charge in [-0.25, -0.2) is 4.79 Å². The van der Waals surface area contributed by atoms with E-state index in [9.17, 15) is 33.0 Å². The quantitative estimate of drug-likeness (QED) is 0.174. The van der Waals surface area contributed by atoms with Gasteiger partial charge in [-0.2, -0.15) is 8.42 Å². The Morgan fingerprint density at radius 2 is 1.71 bits per heavy atom. The van der Waals surface area contributed by atoms with Gasteiger partial charge in [-0.1, -0.05) is 27.7 Å². The zero-order chi connectivity index (χ0) is 24.2. The molecule has 0 spiro atoms. The van der Waals surface area contributed by atoms with Crippen LogP contribution in [0.25, 0.3) is 0 Å². The molecular formula is C20H37NO9S. The van der Waals surface area contributed by atoms with Crippen LogP contribution in [0.5, 0.6) is 0 Å². The standard InChI is InChI=1S/C20H37NO9S/c1-14(2)13-17(23)29-11-7-6-9-16(20(4,5)18(24)19(25)26)30-31(27,28)12-8-10-21-15(3)22/h14,16,18,24H,6-13H2,1-5H3,(H,21,22)(H,25,26)/t16?,18-/m0/s1. The minimum atomic E-state index is -4.03. The lowest BCUT2D eigenvalue weighted by atomic mass is 9.78. The van der Waals surface area contributed by atoms with Crippen LogP contribution in [0.2, 0.25) is 0 Å². The number of hydrogen-bond acceptors (Lipinski definition) is 8. The number of ether oxygens (including phenoxy) is 1. The van der Waals surface area contributed by atoms with Gasteiger partial charge < -0.3 is 20.3 Å². The Hall–Kier alpha value is -1.72. The summed E-state index contributed by atoms with van der Waals surface area (Å²) in [6.45, 7) is 8.27. The number of aliphatic hydroxyl groups is 1. The molecule has 182 valence electrons. The Kier molecular flexibility index (Phi) is 12.9. The normalized spacial score (nSPS) is 14.2. The van der Waals surface area contributed by atoms with Crippen LogP contribution < -0.4 is 5.32 Å². The second kappa shape index (κ2) is 13.6. The molecule has 0 aromatic rings. The van der Waals surface area contributed by atoms with Crippen LogP contribution in [-0.2, 0) is 33.4 Å². The molecule has 1 amide bonds. The average molecular weight is 468 g/mol. The summed E-state index contributed by atoms with van der Waals surface area (Å²) in [7, 11) is -4.03. The number of carbonyl (C=O) groups is 3. The summed E-state index contributed by atoms with van der Waals surface area (Å²) in [5.41, 5.74) is -1.40. The Morgan fingerprint density at radius 1 is 1.10 bits per heavy atom. The van der Waals surface area contributed by atoms with Crippen molar-refractivity contribution in [1.82, 2.24) is 5.32 Å². The van der Waals surface area contributed by atoms with Crippen LogP contribution in [0.3, 0.4) is 0 Å². The number of carboxylic acids is 1. The lowest BCUT2D eigenvalue weighted by molar-refractivity contribution is -0.158. The fourth-order valence-corrected chi connectivity index (χ4v) is 4.08. The van der Waals surface area contributed by atoms with Gasteiger partial charge >= 0.3 is 11.9 Å². The van der Waals surface area contributed by atoms with Crippen molar-refractivity contribution < 1.29 is 41.9 Å². The molecule has 0 saturated heterocycles. The largest absolute Gasteiger partial charge is 0.479 e. The molecule has 0 fully saturated rings. The summed E-state index contributed by atoms with van der Waals surface area (Å²) in [6.07, 6.45) is -1.53. The maximum Gasteiger partial charge on any atom is 0.333 e. The van der Waals surface area contributed by atoms with Crippen molar-refractivity contribution in [2.75, 3.05) is 18.9 Å². The number of aliphatic carboxylic acids is 1. The number of amides is 1. The maximum atomic E-state index is 12.4. The Labute approximate surface area is 184 Å². The maximum absolute atomic E-state index is 12.4. The van der Waals surface area contributed by atoms with E-state index in [1.165, 1.54) is 20.8 Å². The van der Waals surface area contributed by atoms with Crippen LogP contribution in [0, 0.1) is 11.3 Å². The third-order valence-corrected chi connectivity index (χ3v) is 5.99. The minimum absolute atomic E-state index is 0.127. The first-order valence-electron chi connectivity index (χ1n) is 10.4. The molecule has 10 nitrogen and oxygen atoms in total. The van der Waals surface area contributed by atoms with E-state index in [1.807, 2.05) is 13.8 Å². The molecule has 0 heterocycles. The third kappa shape index (κ3) is 12.7. The van der Waals surface area contributed by atoms with E-state index in [2.05, 4.69) is 5.32 Å². The Balaban J connectivity index is 4.96. The highest BCUT2D eigenvalue weighted by molar-refractivity contribution is 7.86. The molecular weight excluding hydrogens is 430 g/mol. The Morgan fingerprint density at radius 3 is 2.23 bits per heavy atom. The smallest absolute Gasteiger partial charge is 0.333 e. The molecule has 31 heavy (non-hydrogen) atoms. The van der Waals surface area contributed by atoms with Gasteiger partial charge in [-0.05, 0) is 31.6 Å². The predicted molar refractivity (Wildman–Crippen MR) is 114 cm³/mol. The van der Waals surface area contributed by atoms with Gasteiger partial charge in [0.1, 0.15) is 0 Å². The molecule has 1 unspecified atom stereocenters. The van der Waals surface area contributed by atoms with Crippen molar-refractivity contribution >= 4 is 28.0 Å². The summed E-state index contributed by atoms with van der Waals surface area (Å²) < 4.78 is 35.2. The monoisotopic (exact) mass is 467 g/mol. The summed E-state index contributed by atoms with van der Waals surface area (Å²) in [5.74, 6) is -2.26. The molecule has 3 N–H and O–H groups in total. The number of rotatable bonds is 16. The summed E-state index contributed by atoms with van der Waals surface area (Å²) in [5, 5.41) is 21.7. The number of carbonyl (C=O) groups excluding carboxylic acids is 2. The lowest BCUT2D eigenvalue weighted by Gasteiger charge is -2.35. The highest BCUT2D eigenvalue weighted by Crippen LogP contribution is 2.33. The van der Waals surface area contributed by atoms with Gasteiger partial charge in [-0.15, -0.1) is 0 Å². The van der Waals surface area contributed by atoms with Crippen molar-refractivity contribution in [1.29, 1.82) is 0 Å². The molecule has 0 aromatic carbocycles. The van der Waals surface area contributed by atoms with Crippen molar-refractivity contribution in [3.05, 3.63) is 0 Å². The minimum Gasteiger partial charge on any atom is -0.479 e. The summed E-state index contributed by atoms with van der Waals surface area (Å²) in [6, 6.07) is 0. The first kappa shape index (κ1) is 29.3. The second-order valence-corrected chi connectivity index (χ2v) is 10.3. The van der Waals surface area contributed by atoms with E-state index in [0.717, 1.165) is 0 Å². The number of esters is 1. The zero-order valence-corrected chi connectivity index (χ0v) is 19.9. The number of nitrogens with one attached hydrogen (secondary N) is 1. The number of unbranched alkanes of at least 4 members (excludes halogenated alkanes) is 1. The number of hydrogen-bond donors (Lipinski definition) is 3. The van der Waals surface area contributed by atoms with E-state index in [0.29, 0.717) is 19.3 Å². The predicted octanol–water partition coefficient (Wildman–Crippen LogP) is 1.46. The molecule has 0 aliphatic rings. The topological polar surface area (TPSA) is 156 Å². The fraction of sp³-hybridized carbons (Fsp3) is 0.850. The second-order valence-electron chi connectivity index (χ2n) is 8.56. The van der Waals surface area contributed by atoms with E-state index >= 15 is 0 Å². The van der Waals surface area contributed by atoms with Gasteiger partial charge in [-0.3, -0.25) is 13.8 Å². The van der Waals surface area contributed by atoms with Gasteiger partial charge in [0.15, 0.2) is 6.10 Å². The van der Waals surface area contributed by atoms with Crippen molar-refractivity contribution in [3.63, 3.8) is 0 Å². The van der Waals surface area contributed by atoms with Crippen molar-refractivity contribution in [3.8, 4) is 0 Å². The fourth-order valence-electron chi connectivity index (χ4n) is 2.79. The first-order valence-corrected chi connectivity index (χ1v) is 12.0. The molecule has 0 aliphatic carbocycles.